The van der Waals surface area contributed by atoms with Gasteiger partial charge < -0.3 is 9.80 Å². The van der Waals surface area contributed by atoms with Gasteiger partial charge in [0.2, 0.25) is 15.9 Å². The Balaban J connectivity index is 1.66. The number of amides is 1. The second kappa shape index (κ2) is 9.90. The van der Waals surface area contributed by atoms with E-state index in [1.807, 2.05) is 6.07 Å². The highest BCUT2D eigenvalue weighted by Crippen LogP contribution is 2.39. The second-order valence-electron chi connectivity index (χ2n) is 8.02. The fourth-order valence-electron chi connectivity index (χ4n) is 3.93. The molecular weight excluding hydrogens is 454 g/mol. The van der Waals surface area contributed by atoms with Crippen LogP contribution in [0.4, 0.5) is 5.69 Å². The van der Waals surface area contributed by atoms with Gasteiger partial charge in [0.25, 0.3) is 0 Å². The van der Waals surface area contributed by atoms with Crippen molar-refractivity contribution in [1.29, 1.82) is 0 Å². The first-order valence-corrected chi connectivity index (χ1v) is 13.0. The van der Waals surface area contributed by atoms with Crippen molar-refractivity contribution in [2.24, 2.45) is 5.92 Å². The van der Waals surface area contributed by atoms with Crippen molar-refractivity contribution in [3.8, 4) is 0 Å². The van der Waals surface area contributed by atoms with Gasteiger partial charge in [0, 0.05) is 29.2 Å². The van der Waals surface area contributed by atoms with E-state index in [4.69, 9.17) is 0 Å². The summed E-state index contributed by atoms with van der Waals surface area (Å²) < 4.78 is 29.1. The molecule has 1 fully saturated rings. The van der Waals surface area contributed by atoms with Crippen molar-refractivity contribution in [3.05, 3.63) is 22.2 Å². The van der Waals surface area contributed by atoms with Crippen LogP contribution < -0.4 is 9.62 Å². The number of sulfonamides is 1. The number of carbonyl (C=O) groups is 1. The minimum Gasteiger partial charge on any atom is -0.312 e. The first kappa shape index (κ1) is 22.7. The minimum atomic E-state index is -3.64. The quantitative estimate of drug-likeness (QED) is 0.486. The molecule has 6 nitrogen and oxygen atoms in total. The zero-order valence-corrected chi connectivity index (χ0v) is 19.8. The zero-order chi connectivity index (χ0) is 21.0. The molecule has 0 aromatic heterocycles. The predicted octanol–water partition coefficient (Wildman–Crippen LogP) is 3.54. The Morgan fingerprint density at radius 3 is 2.52 bits per heavy atom. The van der Waals surface area contributed by atoms with Crippen molar-refractivity contribution in [2.75, 3.05) is 37.6 Å². The van der Waals surface area contributed by atoms with Crippen LogP contribution in [0, 0.1) is 5.92 Å². The lowest BCUT2D eigenvalue weighted by Crippen LogP contribution is -2.32. The third-order valence-corrected chi connectivity index (χ3v) is 7.95. The summed E-state index contributed by atoms with van der Waals surface area (Å²) in [5.41, 5.74) is 1.78. The Hall–Kier alpha value is -0.960. The Labute approximate surface area is 183 Å². The zero-order valence-electron chi connectivity index (χ0n) is 17.4. The van der Waals surface area contributed by atoms with Crippen molar-refractivity contribution < 1.29 is 13.2 Å². The molecule has 2 aliphatic rings. The number of carbonyl (C=O) groups excluding carboxylic acids is 1. The van der Waals surface area contributed by atoms with Gasteiger partial charge in [-0.25, -0.2) is 13.1 Å². The average Bonchev–Trinajstić information content (AvgIpc) is 3.44. The number of nitrogens with one attached hydrogen (secondary N) is 1. The van der Waals surface area contributed by atoms with Crippen molar-refractivity contribution in [1.82, 2.24) is 9.62 Å². The highest BCUT2D eigenvalue weighted by molar-refractivity contribution is 9.10. The number of hydrogen-bond donors (Lipinski definition) is 1. The van der Waals surface area contributed by atoms with E-state index < -0.39 is 10.0 Å². The summed E-state index contributed by atoms with van der Waals surface area (Å²) in [4.78, 5) is 16.9. The molecule has 0 unspecified atom stereocenters. The van der Waals surface area contributed by atoms with E-state index in [1.54, 1.807) is 11.0 Å². The maximum absolute atomic E-state index is 12.9. The van der Waals surface area contributed by atoms with Gasteiger partial charge in [0.1, 0.15) is 0 Å². The fourth-order valence-corrected chi connectivity index (χ4v) is 6.11. The number of rotatable bonds is 11. The van der Waals surface area contributed by atoms with Crippen molar-refractivity contribution in [3.63, 3.8) is 0 Å². The molecule has 0 radical (unpaired) electrons. The summed E-state index contributed by atoms with van der Waals surface area (Å²) in [6, 6.07) is 3.52. The smallest absolute Gasteiger partial charge is 0.241 e. The third kappa shape index (κ3) is 5.60. The normalized spacial score (nSPS) is 16.5. The Morgan fingerprint density at radius 1 is 1.21 bits per heavy atom. The molecule has 1 saturated carbocycles. The summed E-state index contributed by atoms with van der Waals surface area (Å²) in [5.74, 6) is 0.256. The fraction of sp³-hybridized carbons (Fsp3) is 0.667. The van der Waals surface area contributed by atoms with Gasteiger partial charge in [-0.2, -0.15) is 0 Å². The van der Waals surface area contributed by atoms with Crippen LogP contribution in [-0.2, 0) is 21.2 Å². The molecule has 1 aliphatic carbocycles. The highest BCUT2D eigenvalue weighted by Gasteiger charge is 2.37. The first-order chi connectivity index (χ1) is 13.9. The van der Waals surface area contributed by atoms with Crippen molar-refractivity contribution >= 4 is 37.5 Å². The van der Waals surface area contributed by atoms with Gasteiger partial charge in [-0.1, -0.05) is 13.8 Å². The van der Waals surface area contributed by atoms with Crippen LogP contribution in [0.5, 0.6) is 0 Å². The van der Waals surface area contributed by atoms with Gasteiger partial charge in [-0.3, -0.25) is 4.79 Å². The third-order valence-electron chi connectivity index (χ3n) is 5.53. The van der Waals surface area contributed by atoms with Crippen LogP contribution in [0.1, 0.15) is 51.5 Å². The summed E-state index contributed by atoms with van der Waals surface area (Å²) in [6.45, 7) is 8.34. The van der Waals surface area contributed by atoms with Crippen LogP contribution >= 0.6 is 15.9 Å². The minimum absolute atomic E-state index is 0.122. The SMILES string of the molecule is CCCN(CCC)CCCNS(=O)(=O)c1cc2c(cc1Br)CCN2C(=O)C1CC1. The van der Waals surface area contributed by atoms with E-state index >= 15 is 0 Å². The lowest BCUT2D eigenvalue weighted by atomic mass is 10.2. The molecule has 0 bridgehead atoms. The lowest BCUT2D eigenvalue weighted by molar-refractivity contribution is -0.119. The van der Waals surface area contributed by atoms with Crippen LogP contribution in [0.3, 0.4) is 0 Å². The molecule has 162 valence electrons. The van der Waals surface area contributed by atoms with E-state index in [0.29, 0.717) is 17.6 Å². The molecule has 3 rings (SSSR count). The molecule has 1 aliphatic heterocycles. The number of hydrogen-bond acceptors (Lipinski definition) is 4. The Kier molecular flexibility index (Phi) is 7.75. The molecule has 1 amide bonds. The molecule has 0 saturated heterocycles. The Morgan fingerprint density at radius 2 is 1.90 bits per heavy atom. The van der Waals surface area contributed by atoms with E-state index in [1.165, 1.54) is 0 Å². The second-order valence-corrected chi connectivity index (χ2v) is 10.6. The van der Waals surface area contributed by atoms with E-state index in [0.717, 1.165) is 69.4 Å². The molecule has 1 heterocycles. The number of halogens is 1. The molecule has 8 heteroatoms. The number of anilines is 1. The van der Waals surface area contributed by atoms with Crippen molar-refractivity contribution in [2.45, 2.75) is 57.3 Å². The topological polar surface area (TPSA) is 69.7 Å². The molecule has 0 spiro atoms. The van der Waals surface area contributed by atoms with E-state index in [2.05, 4.69) is 39.4 Å². The Bertz CT molecular complexity index is 834. The predicted molar refractivity (Wildman–Crippen MR) is 120 cm³/mol. The lowest BCUT2D eigenvalue weighted by Gasteiger charge is -2.21. The largest absolute Gasteiger partial charge is 0.312 e. The van der Waals surface area contributed by atoms with Gasteiger partial charge in [0.15, 0.2) is 0 Å². The van der Waals surface area contributed by atoms with E-state index in [9.17, 15) is 13.2 Å². The number of fused-ring (bicyclic) bond motifs is 1. The summed E-state index contributed by atoms with van der Waals surface area (Å²) in [6.07, 6.45) is 5.63. The summed E-state index contributed by atoms with van der Waals surface area (Å²) in [7, 11) is -3.64. The monoisotopic (exact) mass is 485 g/mol. The van der Waals surface area contributed by atoms with Gasteiger partial charge in [-0.05, 0) is 91.8 Å². The van der Waals surface area contributed by atoms with Gasteiger partial charge in [0.05, 0.1) is 4.90 Å². The van der Waals surface area contributed by atoms with Crippen LogP contribution in [0.25, 0.3) is 0 Å². The molecule has 1 aromatic carbocycles. The standard InChI is InChI=1S/C21H32BrN3O3S/c1-3-10-24(11-4-2)12-5-9-23-29(27,28)20-15-19-17(14-18(20)22)8-13-25(19)21(26)16-6-7-16/h14-16,23H,3-13H2,1-2H3. The van der Waals surface area contributed by atoms with Crippen LogP contribution in [0.2, 0.25) is 0 Å². The maximum atomic E-state index is 12.9. The number of nitrogens with zero attached hydrogens (tertiary/aromatic N) is 2. The van der Waals surface area contributed by atoms with Crippen LogP contribution in [-0.4, -0.2) is 51.9 Å². The molecule has 1 N–H and O–H groups in total. The molecule has 29 heavy (non-hydrogen) atoms. The summed E-state index contributed by atoms with van der Waals surface area (Å²) in [5, 5.41) is 0. The average molecular weight is 486 g/mol. The van der Waals surface area contributed by atoms with Crippen LogP contribution in [0.15, 0.2) is 21.5 Å². The number of benzene rings is 1. The van der Waals surface area contributed by atoms with Gasteiger partial charge in [-0.15, -0.1) is 0 Å². The highest BCUT2D eigenvalue weighted by atomic mass is 79.9. The van der Waals surface area contributed by atoms with E-state index in [-0.39, 0.29) is 16.7 Å². The molecular formula is C21H32BrN3O3S. The molecule has 0 atom stereocenters. The molecule has 1 aromatic rings. The first-order valence-electron chi connectivity index (χ1n) is 10.7. The summed E-state index contributed by atoms with van der Waals surface area (Å²) >= 11 is 3.43. The maximum Gasteiger partial charge on any atom is 0.241 e. The van der Waals surface area contributed by atoms with Gasteiger partial charge >= 0.3 is 0 Å².